The molecule has 2 aromatic heterocycles. The Morgan fingerprint density at radius 2 is 1.93 bits per heavy atom. The van der Waals surface area contributed by atoms with Gasteiger partial charge in [0.25, 0.3) is 0 Å². The van der Waals surface area contributed by atoms with Crippen molar-refractivity contribution < 1.29 is 28.6 Å². The summed E-state index contributed by atoms with van der Waals surface area (Å²) in [7, 11) is 0. The van der Waals surface area contributed by atoms with E-state index in [1.165, 1.54) is 22.9 Å². The lowest BCUT2D eigenvalue weighted by atomic mass is 10.1. The van der Waals surface area contributed by atoms with Crippen LogP contribution in [0.15, 0.2) is 40.2 Å². The highest BCUT2D eigenvalue weighted by molar-refractivity contribution is 8.00. The molecule has 1 atom stereocenters. The van der Waals surface area contributed by atoms with Crippen molar-refractivity contribution in [1.82, 2.24) is 14.5 Å². The molecule has 0 unspecified atom stereocenters. The number of benzene rings is 1. The molecular formula is C28H27FN6O6S. The SMILES string of the molecule is O=C1CSc2ccc(N3C[C@@H](CN4CCN(c5cc6c(cc5F)c(=O)c(C(=O)O)cn6C5CC5)CC4)OC3=O)nc2N1. The fourth-order valence-corrected chi connectivity index (χ4v) is 6.53. The van der Waals surface area contributed by atoms with E-state index >= 15 is 4.39 Å². The number of carbonyl (C=O) groups is 3. The Hall–Kier alpha value is -4.17. The van der Waals surface area contributed by atoms with Crippen LogP contribution in [-0.2, 0) is 9.53 Å². The zero-order valence-corrected chi connectivity index (χ0v) is 23.2. The van der Waals surface area contributed by atoms with E-state index in [-0.39, 0.29) is 29.0 Å². The third kappa shape index (κ3) is 4.83. The van der Waals surface area contributed by atoms with Crippen molar-refractivity contribution in [2.24, 2.45) is 0 Å². The molecule has 218 valence electrons. The van der Waals surface area contributed by atoms with E-state index < -0.39 is 23.3 Å². The second-order valence-electron chi connectivity index (χ2n) is 10.9. The first-order valence-electron chi connectivity index (χ1n) is 13.8. The molecule has 0 spiro atoms. The summed E-state index contributed by atoms with van der Waals surface area (Å²) in [5.74, 6) is -0.826. The van der Waals surface area contributed by atoms with Gasteiger partial charge in [0.05, 0.1) is 28.4 Å². The van der Waals surface area contributed by atoms with Crippen LogP contribution >= 0.6 is 11.8 Å². The smallest absolute Gasteiger partial charge is 0.416 e. The fourth-order valence-electron chi connectivity index (χ4n) is 5.78. The highest BCUT2D eigenvalue weighted by Gasteiger charge is 2.36. The molecule has 2 saturated heterocycles. The van der Waals surface area contributed by atoms with E-state index in [1.807, 2.05) is 11.0 Å². The lowest BCUT2D eigenvalue weighted by Crippen LogP contribution is -2.49. The summed E-state index contributed by atoms with van der Waals surface area (Å²) in [6, 6.07) is 6.51. The number of aromatic carboxylic acids is 1. The zero-order chi connectivity index (χ0) is 29.1. The van der Waals surface area contributed by atoms with Gasteiger partial charge in [0, 0.05) is 50.3 Å². The fraction of sp³-hybridized carbons (Fsp3) is 0.393. The quantitative estimate of drug-likeness (QED) is 0.438. The first-order chi connectivity index (χ1) is 20.2. The number of nitrogens with one attached hydrogen (secondary N) is 1. The normalized spacial score (nSPS) is 20.9. The summed E-state index contributed by atoms with van der Waals surface area (Å²) in [4.78, 5) is 59.6. The Morgan fingerprint density at radius 1 is 1.14 bits per heavy atom. The Morgan fingerprint density at radius 3 is 2.67 bits per heavy atom. The maximum Gasteiger partial charge on any atom is 0.416 e. The van der Waals surface area contributed by atoms with E-state index in [0.717, 1.165) is 23.8 Å². The number of thioether (sulfide) groups is 1. The molecule has 3 aliphatic heterocycles. The maximum absolute atomic E-state index is 15.3. The van der Waals surface area contributed by atoms with E-state index in [2.05, 4.69) is 15.2 Å². The summed E-state index contributed by atoms with van der Waals surface area (Å²) < 4.78 is 22.7. The number of cyclic esters (lactones) is 1. The number of carboxylic acid groups (broad SMARTS) is 1. The summed E-state index contributed by atoms with van der Waals surface area (Å²) >= 11 is 1.40. The van der Waals surface area contributed by atoms with Crippen LogP contribution in [0.1, 0.15) is 29.2 Å². The number of fused-ring (bicyclic) bond motifs is 2. The Bertz CT molecular complexity index is 1700. The average molecular weight is 595 g/mol. The Labute approximate surface area is 243 Å². The molecule has 5 heterocycles. The monoisotopic (exact) mass is 594 g/mol. The predicted molar refractivity (Wildman–Crippen MR) is 153 cm³/mol. The minimum Gasteiger partial charge on any atom is -0.477 e. The van der Waals surface area contributed by atoms with Gasteiger partial charge >= 0.3 is 12.1 Å². The van der Waals surface area contributed by atoms with Crippen LogP contribution in [0.5, 0.6) is 0 Å². The summed E-state index contributed by atoms with van der Waals surface area (Å²) in [5.41, 5.74) is -0.118. The minimum absolute atomic E-state index is 0.0730. The van der Waals surface area contributed by atoms with E-state index in [1.54, 1.807) is 16.7 Å². The number of rotatable bonds is 6. The van der Waals surface area contributed by atoms with Gasteiger partial charge in [0.1, 0.15) is 29.1 Å². The molecule has 12 nitrogen and oxygen atoms in total. The highest BCUT2D eigenvalue weighted by Crippen LogP contribution is 2.38. The molecule has 4 aliphatic rings. The molecule has 1 saturated carbocycles. The number of piperazine rings is 1. The van der Waals surface area contributed by atoms with Gasteiger partial charge in [-0.15, -0.1) is 11.8 Å². The molecule has 1 aromatic carbocycles. The standard InChI is InChI=1S/C28H27FN6O6S/c29-19-9-17-20(34(15-1-2-15)13-18(25(17)37)27(38)39)10-21(19)33-7-5-32(6-8-33)11-16-12-35(28(40)41-16)23-4-3-22-26(30-23)31-24(36)14-42-22/h3-4,9-10,13,15-16H,1-2,5-8,11-12,14H2,(H,38,39)(H,30,31,36)/t16-/m1/s1. The Balaban J connectivity index is 1.03. The van der Waals surface area contributed by atoms with Gasteiger partial charge in [-0.2, -0.15) is 0 Å². The van der Waals surface area contributed by atoms with Crippen LogP contribution in [0.25, 0.3) is 10.9 Å². The van der Waals surface area contributed by atoms with Crippen molar-refractivity contribution in [3.63, 3.8) is 0 Å². The molecule has 7 rings (SSSR count). The predicted octanol–water partition coefficient (Wildman–Crippen LogP) is 2.76. The van der Waals surface area contributed by atoms with Crippen molar-refractivity contribution in [3.05, 3.63) is 52.1 Å². The number of hydrogen-bond acceptors (Lipinski definition) is 9. The number of carbonyl (C=O) groups excluding carboxylic acids is 2. The maximum atomic E-state index is 15.3. The van der Waals surface area contributed by atoms with Crippen molar-refractivity contribution >= 4 is 58.0 Å². The molecular weight excluding hydrogens is 567 g/mol. The van der Waals surface area contributed by atoms with Gasteiger partial charge in [-0.3, -0.25) is 19.4 Å². The largest absolute Gasteiger partial charge is 0.477 e. The van der Waals surface area contributed by atoms with Crippen LogP contribution in [-0.4, -0.2) is 88.7 Å². The van der Waals surface area contributed by atoms with Gasteiger partial charge < -0.3 is 24.6 Å². The first-order valence-corrected chi connectivity index (χ1v) is 14.7. The number of anilines is 3. The lowest BCUT2D eigenvalue weighted by Gasteiger charge is -2.37. The third-order valence-corrected chi connectivity index (χ3v) is 9.10. The van der Waals surface area contributed by atoms with Crippen LogP contribution in [0.4, 0.5) is 26.5 Å². The first kappa shape index (κ1) is 26.7. The molecule has 1 aliphatic carbocycles. The number of amides is 2. The second kappa shape index (κ2) is 10.3. The minimum atomic E-state index is -1.32. The summed E-state index contributed by atoms with van der Waals surface area (Å²) in [6.45, 7) is 3.10. The topological polar surface area (TPSA) is 137 Å². The molecule has 0 radical (unpaired) electrons. The van der Waals surface area contributed by atoms with Gasteiger partial charge in [0.2, 0.25) is 11.3 Å². The number of nitrogens with zero attached hydrogens (tertiary/aromatic N) is 5. The van der Waals surface area contributed by atoms with E-state index in [4.69, 9.17) is 4.74 Å². The van der Waals surface area contributed by atoms with Gasteiger partial charge in [-0.05, 0) is 37.1 Å². The molecule has 14 heteroatoms. The van der Waals surface area contributed by atoms with Crippen molar-refractivity contribution in [1.29, 1.82) is 0 Å². The third-order valence-electron chi connectivity index (χ3n) is 8.06. The number of aromatic nitrogens is 2. The lowest BCUT2D eigenvalue weighted by molar-refractivity contribution is -0.113. The number of pyridine rings is 2. The van der Waals surface area contributed by atoms with Crippen LogP contribution in [0, 0.1) is 5.82 Å². The van der Waals surface area contributed by atoms with Crippen molar-refractivity contribution in [2.75, 3.05) is 60.1 Å². The molecule has 0 bridgehead atoms. The van der Waals surface area contributed by atoms with Gasteiger partial charge in [0.15, 0.2) is 0 Å². The van der Waals surface area contributed by atoms with E-state index in [9.17, 15) is 24.3 Å². The highest BCUT2D eigenvalue weighted by atomic mass is 32.2. The summed E-state index contributed by atoms with van der Waals surface area (Å²) in [6.07, 6.45) is 2.27. The van der Waals surface area contributed by atoms with Crippen LogP contribution < -0.4 is 20.5 Å². The second-order valence-corrected chi connectivity index (χ2v) is 11.9. The number of ether oxygens (including phenoxy) is 1. The molecule has 42 heavy (non-hydrogen) atoms. The van der Waals surface area contributed by atoms with Crippen LogP contribution in [0.3, 0.4) is 0 Å². The Kier molecular flexibility index (Phi) is 6.54. The van der Waals surface area contributed by atoms with Gasteiger partial charge in [-0.1, -0.05) is 0 Å². The van der Waals surface area contributed by atoms with Crippen molar-refractivity contribution in [3.8, 4) is 0 Å². The number of hydrogen-bond donors (Lipinski definition) is 2. The molecule has 3 fully saturated rings. The average Bonchev–Trinajstić information content (AvgIpc) is 3.75. The van der Waals surface area contributed by atoms with E-state index in [0.29, 0.717) is 67.9 Å². The number of carboxylic acids is 1. The summed E-state index contributed by atoms with van der Waals surface area (Å²) in [5, 5.41) is 12.3. The molecule has 2 amide bonds. The van der Waals surface area contributed by atoms with Gasteiger partial charge in [-0.25, -0.2) is 19.0 Å². The van der Waals surface area contributed by atoms with Crippen molar-refractivity contribution in [2.45, 2.75) is 29.9 Å². The zero-order valence-electron chi connectivity index (χ0n) is 22.4. The number of halogens is 1. The van der Waals surface area contributed by atoms with Crippen LogP contribution in [0.2, 0.25) is 0 Å². The molecule has 2 N–H and O–H groups in total. The molecule has 3 aromatic rings.